The van der Waals surface area contributed by atoms with Gasteiger partial charge in [0, 0.05) is 6.61 Å². The Bertz CT molecular complexity index is 362. The molecule has 0 aliphatic heterocycles. The van der Waals surface area contributed by atoms with Gasteiger partial charge in [-0.2, -0.15) is 0 Å². The van der Waals surface area contributed by atoms with Gasteiger partial charge in [-0.3, -0.25) is 0 Å². The lowest BCUT2D eigenvalue weighted by Gasteiger charge is -2.16. The van der Waals surface area contributed by atoms with Crippen molar-refractivity contribution in [1.29, 1.82) is 0 Å². The van der Waals surface area contributed by atoms with E-state index in [-0.39, 0.29) is 5.97 Å². The highest BCUT2D eigenvalue weighted by Gasteiger charge is 2.19. The van der Waals surface area contributed by atoms with E-state index < -0.39 is 6.10 Å². The van der Waals surface area contributed by atoms with E-state index in [4.69, 9.17) is 9.47 Å². The van der Waals surface area contributed by atoms with Crippen molar-refractivity contribution >= 4 is 5.97 Å². The Hall–Kier alpha value is -1.35. The summed E-state index contributed by atoms with van der Waals surface area (Å²) in [5.41, 5.74) is 1.00. The number of hydrogen-bond acceptors (Lipinski definition) is 3. The molecule has 3 heteroatoms. The summed E-state index contributed by atoms with van der Waals surface area (Å²) in [7, 11) is 0. The van der Waals surface area contributed by atoms with Gasteiger partial charge in [0.15, 0.2) is 6.10 Å². The maximum atomic E-state index is 12.0. The van der Waals surface area contributed by atoms with Gasteiger partial charge in [-0.05, 0) is 18.4 Å². The van der Waals surface area contributed by atoms with Gasteiger partial charge >= 0.3 is 5.97 Å². The predicted octanol–water partition coefficient (Wildman–Crippen LogP) is 4.11. The van der Waals surface area contributed by atoms with Gasteiger partial charge in [-0.1, -0.05) is 63.4 Å². The van der Waals surface area contributed by atoms with Gasteiger partial charge in [-0.15, -0.1) is 0 Å². The molecule has 112 valence electrons. The van der Waals surface area contributed by atoms with Crippen molar-refractivity contribution in [3.8, 4) is 0 Å². The molecular weight excluding hydrogens is 252 g/mol. The maximum Gasteiger partial charge on any atom is 0.335 e. The summed E-state index contributed by atoms with van der Waals surface area (Å²) >= 11 is 0. The van der Waals surface area contributed by atoms with E-state index in [9.17, 15) is 4.79 Å². The summed E-state index contributed by atoms with van der Waals surface area (Å²) in [5.74, 6) is -0.243. The molecule has 0 heterocycles. The molecule has 0 aliphatic rings. The molecule has 0 amide bonds. The van der Waals surface area contributed by atoms with E-state index in [1.165, 1.54) is 0 Å². The Kier molecular flexibility index (Phi) is 8.72. The molecule has 0 aromatic heterocycles. The standard InChI is InChI=1S/C17H26O3/c1-3-5-9-13-19-16(10-4-2)17(18)20-14-15-11-7-6-8-12-15/h6-8,11-12,16H,3-5,9-10,13-14H2,1-2H3/t16-/m0/s1. The van der Waals surface area contributed by atoms with Gasteiger partial charge in [0.1, 0.15) is 6.61 Å². The molecule has 0 unspecified atom stereocenters. The molecule has 0 saturated heterocycles. The molecule has 0 aliphatic carbocycles. The minimum absolute atomic E-state index is 0.243. The number of carbonyl (C=O) groups is 1. The molecule has 0 saturated carbocycles. The van der Waals surface area contributed by atoms with E-state index >= 15 is 0 Å². The normalized spacial score (nSPS) is 12.1. The highest BCUT2D eigenvalue weighted by Crippen LogP contribution is 2.09. The Labute approximate surface area is 122 Å². The Balaban J connectivity index is 2.35. The SMILES string of the molecule is CCCCCO[C@@H](CCC)C(=O)OCc1ccccc1. The zero-order valence-corrected chi connectivity index (χ0v) is 12.6. The van der Waals surface area contributed by atoms with E-state index in [2.05, 4.69) is 6.92 Å². The topological polar surface area (TPSA) is 35.5 Å². The van der Waals surface area contributed by atoms with E-state index in [0.29, 0.717) is 13.2 Å². The summed E-state index contributed by atoms with van der Waals surface area (Å²) in [6, 6.07) is 9.72. The van der Waals surface area contributed by atoms with Crippen LogP contribution in [0, 0.1) is 0 Å². The molecule has 1 aromatic rings. The first-order valence-electron chi connectivity index (χ1n) is 7.60. The van der Waals surface area contributed by atoms with Crippen LogP contribution >= 0.6 is 0 Å². The van der Waals surface area contributed by atoms with Gasteiger partial charge in [0.25, 0.3) is 0 Å². The van der Waals surface area contributed by atoms with Crippen LogP contribution in [-0.2, 0) is 20.9 Å². The minimum atomic E-state index is -0.416. The molecule has 1 rings (SSSR count). The number of hydrogen-bond donors (Lipinski definition) is 0. The van der Waals surface area contributed by atoms with Crippen molar-refractivity contribution in [2.75, 3.05) is 6.61 Å². The summed E-state index contributed by atoms with van der Waals surface area (Å²) in [5, 5.41) is 0. The van der Waals surface area contributed by atoms with Gasteiger partial charge in [0.2, 0.25) is 0 Å². The zero-order chi connectivity index (χ0) is 14.6. The fourth-order valence-corrected chi connectivity index (χ4v) is 1.93. The van der Waals surface area contributed by atoms with Crippen LogP contribution in [0.4, 0.5) is 0 Å². The zero-order valence-electron chi connectivity index (χ0n) is 12.6. The number of ether oxygens (including phenoxy) is 2. The quantitative estimate of drug-likeness (QED) is 0.477. The molecule has 1 atom stereocenters. The number of benzene rings is 1. The lowest BCUT2D eigenvalue weighted by molar-refractivity contribution is -0.159. The van der Waals surface area contributed by atoms with Crippen LogP contribution in [0.1, 0.15) is 51.5 Å². The third-order valence-electron chi connectivity index (χ3n) is 3.10. The third kappa shape index (κ3) is 6.71. The Morgan fingerprint density at radius 2 is 1.85 bits per heavy atom. The van der Waals surface area contributed by atoms with Crippen LogP contribution in [0.15, 0.2) is 30.3 Å². The van der Waals surface area contributed by atoms with Crippen molar-refractivity contribution in [2.45, 2.75) is 58.7 Å². The molecule has 3 nitrogen and oxygen atoms in total. The van der Waals surface area contributed by atoms with Crippen molar-refractivity contribution < 1.29 is 14.3 Å². The second-order valence-corrected chi connectivity index (χ2v) is 4.95. The second kappa shape index (κ2) is 10.4. The summed E-state index contributed by atoms with van der Waals surface area (Å²) < 4.78 is 11.0. The van der Waals surface area contributed by atoms with Crippen LogP contribution in [0.2, 0.25) is 0 Å². The molecule has 0 fully saturated rings. The fraction of sp³-hybridized carbons (Fsp3) is 0.588. The molecule has 0 spiro atoms. The first-order valence-corrected chi connectivity index (χ1v) is 7.60. The predicted molar refractivity (Wildman–Crippen MR) is 80.4 cm³/mol. The molecular formula is C17H26O3. The van der Waals surface area contributed by atoms with Crippen molar-refractivity contribution in [2.24, 2.45) is 0 Å². The van der Waals surface area contributed by atoms with E-state index in [1.807, 2.05) is 37.3 Å². The Morgan fingerprint density at radius 1 is 1.10 bits per heavy atom. The highest BCUT2D eigenvalue weighted by atomic mass is 16.6. The van der Waals surface area contributed by atoms with Crippen LogP contribution in [-0.4, -0.2) is 18.7 Å². The largest absolute Gasteiger partial charge is 0.459 e. The number of carbonyl (C=O) groups excluding carboxylic acids is 1. The monoisotopic (exact) mass is 278 g/mol. The van der Waals surface area contributed by atoms with Crippen molar-refractivity contribution in [3.05, 3.63) is 35.9 Å². The van der Waals surface area contributed by atoms with Crippen LogP contribution in [0.25, 0.3) is 0 Å². The minimum Gasteiger partial charge on any atom is -0.459 e. The van der Waals surface area contributed by atoms with Gasteiger partial charge in [-0.25, -0.2) is 4.79 Å². The number of rotatable bonds is 10. The first kappa shape index (κ1) is 16.7. The van der Waals surface area contributed by atoms with E-state index in [1.54, 1.807) is 0 Å². The maximum absolute atomic E-state index is 12.0. The lowest BCUT2D eigenvalue weighted by Crippen LogP contribution is -2.27. The van der Waals surface area contributed by atoms with Gasteiger partial charge < -0.3 is 9.47 Å². The number of unbranched alkanes of at least 4 members (excludes halogenated alkanes) is 2. The fourth-order valence-electron chi connectivity index (χ4n) is 1.93. The molecule has 0 N–H and O–H groups in total. The van der Waals surface area contributed by atoms with Crippen LogP contribution < -0.4 is 0 Å². The van der Waals surface area contributed by atoms with Crippen LogP contribution in [0.3, 0.4) is 0 Å². The van der Waals surface area contributed by atoms with E-state index in [0.717, 1.165) is 37.7 Å². The van der Waals surface area contributed by atoms with Crippen molar-refractivity contribution in [1.82, 2.24) is 0 Å². The molecule has 20 heavy (non-hydrogen) atoms. The molecule has 0 radical (unpaired) electrons. The second-order valence-electron chi connectivity index (χ2n) is 4.95. The van der Waals surface area contributed by atoms with Crippen molar-refractivity contribution in [3.63, 3.8) is 0 Å². The molecule has 1 aromatic carbocycles. The van der Waals surface area contributed by atoms with Gasteiger partial charge in [0.05, 0.1) is 0 Å². The Morgan fingerprint density at radius 3 is 2.50 bits per heavy atom. The third-order valence-corrected chi connectivity index (χ3v) is 3.10. The average molecular weight is 278 g/mol. The smallest absolute Gasteiger partial charge is 0.335 e. The summed E-state index contributed by atoms with van der Waals surface area (Å²) in [4.78, 5) is 12.0. The summed E-state index contributed by atoms with van der Waals surface area (Å²) in [6.07, 6.45) is 4.51. The number of esters is 1. The first-order chi connectivity index (χ1) is 9.77. The van der Waals surface area contributed by atoms with Crippen LogP contribution in [0.5, 0.6) is 0 Å². The average Bonchev–Trinajstić information content (AvgIpc) is 2.49. The molecule has 0 bridgehead atoms. The summed E-state index contributed by atoms with van der Waals surface area (Å²) in [6.45, 7) is 5.15. The lowest BCUT2D eigenvalue weighted by atomic mass is 10.2. The highest BCUT2D eigenvalue weighted by molar-refractivity contribution is 5.74.